The van der Waals surface area contributed by atoms with Crippen molar-refractivity contribution in [3.05, 3.63) is 74.1 Å². The van der Waals surface area contributed by atoms with Gasteiger partial charge < -0.3 is 4.74 Å². The third kappa shape index (κ3) is 3.67. The van der Waals surface area contributed by atoms with Crippen molar-refractivity contribution >= 4 is 17.0 Å². The molecule has 0 atom stereocenters. The normalized spacial score (nSPS) is 11.1. The standard InChI is InChI=1S/C20H21N3O4/c1-4-27-19(25)14-10-15(12(2)3)21-17-16(14)18(24)22-20(26)23(17)11-13-8-6-5-7-9-13/h5-10,12H,4,11H2,1-3H3,(H,22,24,26). The second-order valence-electron chi connectivity index (χ2n) is 6.50. The highest BCUT2D eigenvalue weighted by Gasteiger charge is 2.21. The van der Waals surface area contributed by atoms with Gasteiger partial charge in [-0.3, -0.25) is 14.3 Å². The van der Waals surface area contributed by atoms with E-state index in [1.165, 1.54) is 4.57 Å². The van der Waals surface area contributed by atoms with Gasteiger partial charge in [0.2, 0.25) is 0 Å². The van der Waals surface area contributed by atoms with E-state index in [1.807, 2.05) is 44.2 Å². The molecule has 0 fully saturated rings. The molecule has 2 heterocycles. The van der Waals surface area contributed by atoms with Crippen LogP contribution in [-0.4, -0.2) is 27.1 Å². The summed E-state index contributed by atoms with van der Waals surface area (Å²) >= 11 is 0. The van der Waals surface area contributed by atoms with Gasteiger partial charge in [-0.1, -0.05) is 44.2 Å². The van der Waals surface area contributed by atoms with Gasteiger partial charge in [0.05, 0.1) is 24.1 Å². The summed E-state index contributed by atoms with van der Waals surface area (Å²) < 4.78 is 6.48. The maximum Gasteiger partial charge on any atom is 0.339 e. The summed E-state index contributed by atoms with van der Waals surface area (Å²) in [6.07, 6.45) is 0. The number of pyridine rings is 1. The van der Waals surface area contributed by atoms with E-state index in [1.54, 1.807) is 13.0 Å². The Hall–Kier alpha value is -3.22. The van der Waals surface area contributed by atoms with E-state index in [-0.39, 0.29) is 35.7 Å². The van der Waals surface area contributed by atoms with Crippen LogP contribution < -0.4 is 11.2 Å². The first-order valence-electron chi connectivity index (χ1n) is 8.81. The molecule has 0 amide bonds. The molecule has 0 aliphatic carbocycles. The van der Waals surface area contributed by atoms with Gasteiger partial charge in [0.15, 0.2) is 5.65 Å². The number of carbonyl (C=O) groups is 1. The van der Waals surface area contributed by atoms with Gasteiger partial charge in [-0.25, -0.2) is 14.6 Å². The second-order valence-corrected chi connectivity index (χ2v) is 6.50. The molecule has 7 nitrogen and oxygen atoms in total. The first-order chi connectivity index (χ1) is 12.9. The van der Waals surface area contributed by atoms with Crippen molar-refractivity contribution in [2.75, 3.05) is 6.61 Å². The van der Waals surface area contributed by atoms with Crippen LogP contribution in [0.2, 0.25) is 0 Å². The highest BCUT2D eigenvalue weighted by atomic mass is 16.5. The number of aromatic nitrogens is 3. The van der Waals surface area contributed by atoms with Crippen LogP contribution >= 0.6 is 0 Å². The monoisotopic (exact) mass is 367 g/mol. The predicted molar refractivity (Wildman–Crippen MR) is 102 cm³/mol. The van der Waals surface area contributed by atoms with Crippen LogP contribution in [0.5, 0.6) is 0 Å². The minimum atomic E-state index is -0.648. The van der Waals surface area contributed by atoms with Gasteiger partial charge in [-0.2, -0.15) is 0 Å². The first kappa shape index (κ1) is 18.6. The molecule has 3 rings (SSSR count). The predicted octanol–water partition coefficient (Wildman–Crippen LogP) is 2.43. The number of H-pyrrole nitrogens is 1. The van der Waals surface area contributed by atoms with E-state index < -0.39 is 17.2 Å². The number of fused-ring (bicyclic) bond motifs is 1. The summed E-state index contributed by atoms with van der Waals surface area (Å²) in [7, 11) is 0. The number of ether oxygens (including phenoxy) is 1. The Morgan fingerprint density at radius 3 is 2.56 bits per heavy atom. The molecule has 0 aliphatic heterocycles. The van der Waals surface area contributed by atoms with Crippen molar-refractivity contribution in [1.29, 1.82) is 0 Å². The largest absolute Gasteiger partial charge is 0.462 e. The molecule has 0 radical (unpaired) electrons. The van der Waals surface area contributed by atoms with Crippen LogP contribution in [0, 0.1) is 0 Å². The molecule has 2 aromatic heterocycles. The molecule has 0 saturated carbocycles. The third-order valence-electron chi connectivity index (χ3n) is 4.24. The SMILES string of the molecule is CCOC(=O)c1cc(C(C)C)nc2c1c(=O)[nH]c(=O)n2Cc1ccccc1. The average Bonchev–Trinajstić information content (AvgIpc) is 2.65. The lowest BCUT2D eigenvalue weighted by atomic mass is 10.0. The van der Waals surface area contributed by atoms with E-state index in [2.05, 4.69) is 9.97 Å². The fourth-order valence-electron chi connectivity index (χ4n) is 2.87. The number of nitrogens with zero attached hydrogens (tertiary/aromatic N) is 2. The van der Waals surface area contributed by atoms with E-state index in [4.69, 9.17) is 4.74 Å². The Morgan fingerprint density at radius 1 is 1.22 bits per heavy atom. The lowest BCUT2D eigenvalue weighted by molar-refractivity contribution is 0.0528. The number of benzene rings is 1. The number of hydrogen-bond acceptors (Lipinski definition) is 5. The zero-order chi connectivity index (χ0) is 19.6. The average molecular weight is 367 g/mol. The minimum Gasteiger partial charge on any atom is -0.462 e. The van der Waals surface area contributed by atoms with Crippen LogP contribution in [0.25, 0.3) is 11.0 Å². The fraction of sp³-hybridized carbons (Fsp3) is 0.300. The highest BCUT2D eigenvalue weighted by molar-refractivity contribution is 6.02. The molecule has 7 heteroatoms. The maximum absolute atomic E-state index is 12.5. The van der Waals surface area contributed by atoms with Crippen molar-refractivity contribution in [3.63, 3.8) is 0 Å². The van der Waals surface area contributed by atoms with Crippen LogP contribution in [0.3, 0.4) is 0 Å². The lowest BCUT2D eigenvalue weighted by Gasteiger charge is -2.14. The Bertz CT molecular complexity index is 1100. The van der Waals surface area contributed by atoms with Gasteiger partial charge in [0.25, 0.3) is 5.56 Å². The Labute approximate surface area is 155 Å². The number of nitrogens with one attached hydrogen (secondary N) is 1. The topological polar surface area (TPSA) is 94.1 Å². The fourth-order valence-corrected chi connectivity index (χ4v) is 2.87. The molecule has 3 aromatic rings. The quantitative estimate of drug-likeness (QED) is 0.699. The van der Waals surface area contributed by atoms with E-state index in [0.29, 0.717) is 5.69 Å². The zero-order valence-electron chi connectivity index (χ0n) is 15.5. The van der Waals surface area contributed by atoms with E-state index >= 15 is 0 Å². The molecule has 140 valence electrons. The van der Waals surface area contributed by atoms with Gasteiger partial charge in [-0.05, 0) is 24.5 Å². The summed E-state index contributed by atoms with van der Waals surface area (Å²) in [5, 5.41) is 0.0633. The Balaban J connectivity index is 2.34. The van der Waals surface area contributed by atoms with Crippen molar-refractivity contribution in [3.8, 4) is 0 Å². The number of hydrogen-bond donors (Lipinski definition) is 1. The summed E-state index contributed by atoms with van der Waals surface area (Å²) in [6, 6.07) is 10.9. The molecule has 0 bridgehead atoms. The van der Waals surface area contributed by atoms with E-state index in [9.17, 15) is 14.4 Å². The Kier molecular flexibility index (Phi) is 5.21. The van der Waals surface area contributed by atoms with Gasteiger partial charge in [-0.15, -0.1) is 0 Å². The smallest absolute Gasteiger partial charge is 0.339 e. The summed E-state index contributed by atoms with van der Waals surface area (Å²) in [6.45, 7) is 5.96. The number of carbonyl (C=O) groups excluding carboxylic acids is 1. The second kappa shape index (κ2) is 7.57. The van der Waals surface area contributed by atoms with Crippen molar-refractivity contribution in [2.24, 2.45) is 0 Å². The lowest BCUT2D eigenvalue weighted by Crippen LogP contribution is -2.32. The molecule has 1 N–H and O–H groups in total. The molecule has 0 aliphatic rings. The van der Waals surface area contributed by atoms with Crippen LogP contribution in [0.4, 0.5) is 0 Å². The number of esters is 1. The van der Waals surface area contributed by atoms with Crippen LogP contribution in [-0.2, 0) is 11.3 Å². The molecule has 1 aromatic carbocycles. The van der Waals surface area contributed by atoms with Crippen LogP contribution in [0.15, 0.2) is 46.0 Å². The van der Waals surface area contributed by atoms with E-state index in [0.717, 1.165) is 5.56 Å². The molecular weight excluding hydrogens is 346 g/mol. The third-order valence-corrected chi connectivity index (χ3v) is 4.24. The van der Waals surface area contributed by atoms with Gasteiger partial charge in [0, 0.05) is 5.69 Å². The first-order valence-corrected chi connectivity index (χ1v) is 8.81. The zero-order valence-corrected chi connectivity index (χ0v) is 15.5. The molecule has 0 unspecified atom stereocenters. The molecule has 0 spiro atoms. The summed E-state index contributed by atoms with van der Waals surface area (Å²) in [4.78, 5) is 44.3. The highest BCUT2D eigenvalue weighted by Crippen LogP contribution is 2.21. The van der Waals surface area contributed by atoms with Crippen molar-refractivity contribution in [1.82, 2.24) is 14.5 Å². The maximum atomic E-state index is 12.5. The minimum absolute atomic E-state index is 0.00198. The Morgan fingerprint density at radius 2 is 1.93 bits per heavy atom. The molecule has 0 saturated heterocycles. The van der Waals surface area contributed by atoms with Gasteiger partial charge >= 0.3 is 11.7 Å². The van der Waals surface area contributed by atoms with Crippen molar-refractivity contribution in [2.45, 2.75) is 33.2 Å². The molecular formula is C20H21N3O4. The number of aromatic amines is 1. The number of rotatable bonds is 5. The van der Waals surface area contributed by atoms with Crippen molar-refractivity contribution < 1.29 is 9.53 Å². The van der Waals surface area contributed by atoms with Gasteiger partial charge in [0.1, 0.15) is 0 Å². The van der Waals surface area contributed by atoms with Crippen LogP contribution in [0.1, 0.15) is 48.3 Å². The summed E-state index contributed by atoms with van der Waals surface area (Å²) in [5.74, 6) is -0.607. The molecule has 27 heavy (non-hydrogen) atoms. The summed E-state index contributed by atoms with van der Waals surface area (Å²) in [5.41, 5.74) is 0.569.